The summed E-state index contributed by atoms with van der Waals surface area (Å²) in [5, 5.41) is 15.5. The molecule has 0 saturated heterocycles. The van der Waals surface area contributed by atoms with Gasteiger partial charge in [-0.2, -0.15) is 18.3 Å². The zero-order valence-electron chi connectivity index (χ0n) is 16.4. The molecule has 1 amide bonds. The lowest BCUT2D eigenvalue weighted by Gasteiger charge is -2.10. The summed E-state index contributed by atoms with van der Waals surface area (Å²) in [6, 6.07) is 10.4. The second kappa shape index (κ2) is 7.19. The maximum Gasteiger partial charge on any atom is 0.416 e. The zero-order valence-corrected chi connectivity index (χ0v) is 16.4. The number of hydrazone groups is 1. The molecule has 4 rings (SSSR count). The lowest BCUT2D eigenvalue weighted by Crippen LogP contribution is -2.20. The van der Waals surface area contributed by atoms with E-state index in [0.29, 0.717) is 16.8 Å². The highest BCUT2D eigenvalue weighted by atomic mass is 19.4. The van der Waals surface area contributed by atoms with Gasteiger partial charge in [0.1, 0.15) is 0 Å². The van der Waals surface area contributed by atoms with Gasteiger partial charge in [-0.15, -0.1) is 0 Å². The van der Waals surface area contributed by atoms with Gasteiger partial charge in [-0.05, 0) is 56.5 Å². The molecule has 8 heteroatoms. The molecule has 0 aliphatic heterocycles. The van der Waals surface area contributed by atoms with E-state index in [4.69, 9.17) is 0 Å². The summed E-state index contributed by atoms with van der Waals surface area (Å²) in [4.78, 5) is 11.9. The summed E-state index contributed by atoms with van der Waals surface area (Å²) in [5.41, 5.74) is 3.86. The molecule has 0 atom stereocenters. The first kappa shape index (κ1) is 20.0. The van der Waals surface area contributed by atoms with E-state index in [1.165, 1.54) is 10.6 Å². The van der Waals surface area contributed by atoms with E-state index in [9.17, 15) is 23.1 Å². The molecule has 30 heavy (non-hydrogen) atoms. The average molecular weight is 415 g/mol. The largest absolute Gasteiger partial charge is 0.494 e. The Hall–Kier alpha value is -3.29. The zero-order chi connectivity index (χ0) is 21.6. The number of nitrogens with one attached hydrogen (secondary N) is 1. The van der Waals surface area contributed by atoms with Crippen molar-refractivity contribution in [2.45, 2.75) is 32.9 Å². The third-order valence-electron chi connectivity index (χ3n) is 5.17. The molecule has 0 bridgehead atoms. The van der Waals surface area contributed by atoms with E-state index in [1.807, 2.05) is 13.0 Å². The van der Waals surface area contributed by atoms with Gasteiger partial charge >= 0.3 is 6.18 Å². The first-order valence-electron chi connectivity index (χ1n) is 9.53. The van der Waals surface area contributed by atoms with Crippen molar-refractivity contribution in [2.24, 2.45) is 11.0 Å². The van der Waals surface area contributed by atoms with E-state index >= 15 is 0 Å². The normalized spacial score (nSPS) is 14.9. The van der Waals surface area contributed by atoms with Crippen molar-refractivity contribution in [3.05, 3.63) is 59.2 Å². The molecule has 3 aromatic rings. The van der Waals surface area contributed by atoms with E-state index in [1.54, 1.807) is 25.1 Å². The predicted molar refractivity (Wildman–Crippen MR) is 108 cm³/mol. The quantitative estimate of drug-likeness (QED) is 0.470. The number of rotatable bonds is 4. The van der Waals surface area contributed by atoms with Crippen LogP contribution in [-0.2, 0) is 11.0 Å². The van der Waals surface area contributed by atoms with Crippen LogP contribution in [0.1, 0.15) is 36.5 Å². The molecule has 1 fully saturated rings. The van der Waals surface area contributed by atoms with Gasteiger partial charge in [0.25, 0.3) is 0 Å². The molecule has 1 saturated carbocycles. The van der Waals surface area contributed by atoms with Gasteiger partial charge in [-0.1, -0.05) is 18.2 Å². The van der Waals surface area contributed by atoms with Crippen LogP contribution in [0.4, 0.5) is 13.2 Å². The monoisotopic (exact) mass is 415 g/mol. The topological polar surface area (TPSA) is 66.6 Å². The first-order chi connectivity index (χ1) is 14.2. The molecule has 5 nitrogen and oxygen atoms in total. The molecule has 0 unspecified atom stereocenters. The van der Waals surface area contributed by atoms with Crippen molar-refractivity contribution in [1.82, 2.24) is 9.99 Å². The van der Waals surface area contributed by atoms with Gasteiger partial charge in [0.05, 0.1) is 22.4 Å². The van der Waals surface area contributed by atoms with Crippen LogP contribution < -0.4 is 5.43 Å². The SMILES string of the molecule is C/C(=N\NC(=O)C1CC1)c1c(O)n(-c2cccc(C)c2)c2cc(C(F)(F)F)ccc12. The molecular formula is C22H20F3N3O2. The fourth-order valence-corrected chi connectivity index (χ4v) is 3.47. The highest BCUT2D eigenvalue weighted by molar-refractivity contribution is 6.13. The Labute approximate surface area is 170 Å². The summed E-state index contributed by atoms with van der Waals surface area (Å²) in [6.07, 6.45) is -2.88. The number of fused-ring (bicyclic) bond motifs is 1. The minimum Gasteiger partial charge on any atom is -0.494 e. The first-order valence-corrected chi connectivity index (χ1v) is 9.53. The van der Waals surface area contributed by atoms with Crippen molar-refractivity contribution >= 4 is 22.5 Å². The van der Waals surface area contributed by atoms with Crippen LogP contribution in [-0.4, -0.2) is 21.3 Å². The standard InChI is InChI=1S/C22H20F3N3O2/c1-12-4-3-5-16(10-12)28-18-11-15(22(23,24)25)8-9-17(18)19(21(28)30)13(2)26-27-20(29)14-6-7-14/h3-5,8-11,14,30H,6-7H2,1-2H3,(H,27,29)/b26-13+. The molecule has 1 aliphatic carbocycles. The van der Waals surface area contributed by atoms with Crippen molar-refractivity contribution in [3.8, 4) is 11.6 Å². The van der Waals surface area contributed by atoms with E-state index in [0.717, 1.165) is 30.5 Å². The maximum absolute atomic E-state index is 13.3. The van der Waals surface area contributed by atoms with E-state index in [2.05, 4.69) is 10.5 Å². The van der Waals surface area contributed by atoms with Crippen molar-refractivity contribution in [3.63, 3.8) is 0 Å². The summed E-state index contributed by atoms with van der Waals surface area (Å²) in [7, 11) is 0. The number of carbonyl (C=O) groups excluding carboxylic acids is 1. The molecule has 2 aromatic carbocycles. The lowest BCUT2D eigenvalue weighted by molar-refractivity contribution is -0.137. The number of hydrogen-bond acceptors (Lipinski definition) is 3. The summed E-state index contributed by atoms with van der Waals surface area (Å²) >= 11 is 0. The minimum absolute atomic E-state index is 0.0434. The van der Waals surface area contributed by atoms with E-state index in [-0.39, 0.29) is 28.8 Å². The molecular weight excluding hydrogens is 395 g/mol. The number of hydrogen-bond donors (Lipinski definition) is 2. The Morgan fingerprint density at radius 1 is 1.20 bits per heavy atom. The maximum atomic E-state index is 13.3. The van der Waals surface area contributed by atoms with Crippen LogP contribution >= 0.6 is 0 Å². The van der Waals surface area contributed by atoms with Crippen LogP contribution in [0.2, 0.25) is 0 Å². The van der Waals surface area contributed by atoms with Crippen LogP contribution in [0.25, 0.3) is 16.6 Å². The third kappa shape index (κ3) is 3.65. The Bertz CT molecular complexity index is 1170. The Kier molecular flexibility index (Phi) is 4.80. The fraction of sp³-hybridized carbons (Fsp3) is 0.273. The summed E-state index contributed by atoms with van der Waals surface area (Å²) in [6.45, 7) is 3.45. The summed E-state index contributed by atoms with van der Waals surface area (Å²) < 4.78 is 41.4. The number of carbonyl (C=O) groups is 1. The van der Waals surface area contributed by atoms with Gasteiger partial charge < -0.3 is 5.11 Å². The van der Waals surface area contributed by atoms with Gasteiger partial charge in [0, 0.05) is 17.0 Å². The van der Waals surface area contributed by atoms with Gasteiger partial charge in [0.15, 0.2) is 0 Å². The molecule has 0 spiro atoms. The number of halogens is 3. The van der Waals surface area contributed by atoms with Gasteiger partial charge in [-0.3, -0.25) is 9.36 Å². The Morgan fingerprint density at radius 3 is 2.57 bits per heavy atom. The average Bonchev–Trinajstić information content (AvgIpc) is 3.48. The predicted octanol–water partition coefficient (Wildman–Crippen LogP) is 4.91. The van der Waals surface area contributed by atoms with Crippen molar-refractivity contribution in [2.75, 3.05) is 0 Å². The number of aromatic nitrogens is 1. The highest BCUT2D eigenvalue weighted by Gasteiger charge is 2.32. The smallest absolute Gasteiger partial charge is 0.416 e. The molecule has 1 aromatic heterocycles. The Morgan fingerprint density at radius 2 is 1.93 bits per heavy atom. The van der Waals surface area contributed by atoms with Crippen molar-refractivity contribution in [1.29, 1.82) is 0 Å². The van der Waals surface area contributed by atoms with E-state index < -0.39 is 11.7 Å². The van der Waals surface area contributed by atoms with Crippen molar-refractivity contribution < 1.29 is 23.1 Å². The highest BCUT2D eigenvalue weighted by Crippen LogP contribution is 2.39. The molecule has 1 aliphatic rings. The number of aromatic hydroxyl groups is 1. The van der Waals surface area contributed by atoms with Gasteiger partial charge in [0.2, 0.25) is 11.8 Å². The minimum atomic E-state index is -4.52. The number of aryl methyl sites for hydroxylation is 1. The molecule has 156 valence electrons. The fourth-order valence-electron chi connectivity index (χ4n) is 3.47. The Balaban J connectivity index is 1.91. The molecule has 0 radical (unpaired) electrons. The molecule has 1 heterocycles. The summed E-state index contributed by atoms with van der Waals surface area (Å²) in [5.74, 6) is -0.481. The van der Waals surface area contributed by atoms with Gasteiger partial charge in [-0.25, -0.2) is 5.43 Å². The number of nitrogens with zero attached hydrogens (tertiary/aromatic N) is 2. The second-order valence-corrected chi connectivity index (χ2v) is 7.55. The van der Waals surface area contributed by atoms with Crippen LogP contribution in [0.15, 0.2) is 47.6 Å². The number of amides is 1. The van der Waals surface area contributed by atoms with Crippen LogP contribution in [0.3, 0.4) is 0 Å². The lowest BCUT2D eigenvalue weighted by atomic mass is 10.1. The number of alkyl halides is 3. The number of benzene rings is 2. The van der Waals surface area contributed by atoms with Crippen LogP contribution in [0.5, 0.6) is 5.88 Å². The van der Waals surface area contributed by atoms with Crippen LogP contribution in [0, 0.1) is 12.8 Å². The second-order valence-electron chi connectivity index (χ2n) is 7.55. The molecule has 2 N–H and O–H groups in total. The third-order valence-corrected chi connectivity index (χ3v) is 5.17.